The Morgan fingerprint density at radius 1 is 0.649 bits per heavy atom. The number of aromatic amines is 1. The summed E-state index contributed by atoms with van der Waals surface area (Å²) in [4.78, 5) is 49.9. The number of rotatable bonds is 4. The van der Waals surface area contributed by atoms with Gasteiger partial charge in [0, 0.05) is 36.4 Å². The van der Waals surface area contributed by atoms with Crippen molar-refractivity contribution in [3.8, 4) is 11.5 Å². The molecule has 3 aromatic rings. The molecule has 37 heavy (non-hydrogen) atoms. The fraction of sp³-hybridized carbons (Fsp3) is 0. The molecule has 199 valence electrons. The molecule has 18 heteroatoms. The number of anilines is 2. The molecule has 0 bridgehead atoms. The summed E-state index contributed by atoms with van der Waals surface area (Å²) in [5.74, 6) is -6.54. The van der Waals surface area contributed by atoms with E-state index in [2.05, 4.69) is 15.0 Å². The number of pyridine rings is 3. The normalized spacial score (nSPS) is 8.65. The summed E-state index contributed by atoms with van der Waals surface area (Å²) in [6.07, 6.45) is 0. The van der Waals surface area contributed by atoms with Gasteiger partial charge >= 0.3 is 17.1 Å². The van der Waals surface area contributed by atoms with Gasteiger partial charge in [0.05, 0.1) is 46.7 Å². The van der Waals surface area contributed by atoms with E-state index in [4.69, 9.17) is 21.7 Å². The number of aromatic carboxylic acids is 4. The molecule has 0 fully saturated rings. The van der Waals surface area contributed by atoms with E-state index >= 15 is 0 Å². The minimum atomic E-state index is -1.67. The van der Waals surface area contributed by atoms with Crippen molar-refractivity contribution in [2.45, 2.75) is 0 Å². The molecular formula is C19H18FeN5O12. The molecule has 0 atom stereocenters. The number of nitrogens with one attached hydrogen (secondary N) is 1. The third-order valence-electron chi connectivity index (χ3n) is 3.30. The van der Waals surface area contributed by atoms with Gasteiger partial charge in [-0.1, -0.05) is 0 Å². The Morgan fingerprint density at radius 2 is 0.892 bits per heavy atom. The minimum Gasteiger partial charge on any atom is -0.543 e. The Morgan fingerprint density at radius 3 is 1.05 bits per heavy atom. The zero-order valence-electron chi connectivity index (χ0n) is 18.1. The van der Waals surface area contributed by atoms with Crippen LogP contribution in [0.25, 0.3) is 0 Å². The van der Waals surface area contributed by atoms with Crippen LogP contribution < -0.4 is 36.9 Å². The topological polar surface area (TPSA) is 356 Å². The monoisotopic (exact) mass is 564 g/mol. The molecule has 3 aromatic heterocycles. The first-order valence-corrected chi connectivity index (χ1v) is 8.61. The van der Waals surface area contributed by atoms with E-state index in [1.54, 1.807) is 18.2 Å². The summed E-state index contributed by atoms with van der Waals surface area (Å²) < 4.78 is 0. The van der Waals surface area contributed by atoms with Crippen molar-refractivity contribution in [3.05, 3.63) is 65.2 Å². The first-order chi connectivity index (χ1) is 15.8. The molecule has 17 nitrogen and oxygen atoms in total. The van der Waals surface area contributed by atoms with Gasteiger partial charge in [0.2, 0.25) is 11.6 Å². The quantitative estimate of drug-likeness (QED) is 0.214. The second-order valence-electron chi connectivity index (χ2n) is 5.90. The molecule has 0 amide bonds. The van der Waals surface area contributed by atoms with Crippen LogP contribution in [-0.2, 0) is 17.1 Å². The number of hydrogen-bond acceptors (Lipinski definition) is 14. The molecule has 0 aliphatic carbocycles. The number of carboxylic acid groups (broad SMARTS) is 4. The van der Waals surface area contributed by atoms with Crippen molar-refractivity contribution in [1.82, 2.24) is 9.97 Å². The Labute approximate surface area is 216 Å². The average molecular weight is 564 g/mol. The van der Waals surface area contributed by atoms with E-state index < -0.39 is 58.2 Å². The first kappa shape index (κ1) is 36.5. The van der Waals surface area contributed by atoms with Gasteiger partial charge in [0.1, 0.15) is 11.5 Å². The Hall–Kier alpha value is -5.03. The summed E-state index contributed by atoms with van der Waals surface area (Å²) >= 11 is 0. The predicted molar refractivity (Wildman–Crippen MR) is 108 cm³/mol. The first-order valence-electron chi connectivity index (χ1n) is 8.61. The summed E-state index contributed by atoms with van der Waals surface area (Å²) in [5.41, 5.74) is 8.03. The standard InChI is InChI=1S/2C7H5NO5.C5H7N3.Fe.2H2O/c2*9-3-1-4(6(10)11)8-5(2-3)7(12)13;6-4-2-1-3-5(7)8-4;;;/h2*1-2H,(H,8,9)(H,10,11)(H,12,13);1-3H,(H4,6,7,8);;2*1H2/q;;;+3;;/p-3. The van der Waals surface area contributed by atoms with Crippen LogP contribution in [0.4, 0.5) is 11.6 Å². The zero-order valence-corrected chi connectivity index (χ0v) is 19.2. The number of nitrogens with two attached hydrogens (primary N) is 2. The summed E-state index contributed by atoms with van der Waals surface area (Å²) in [6, 6.07) is 8.40. The van der Waals surface area contributed by atoms with Crippen LogP contribution in [0.3, 0.4) is 0 Å². The van der Waals surface area contributed by atoms with Crippen molar-refractivity contribution < 1.29 is 82.8 Å². The van der Waals surface area contributed by atoms with Crippen LogP contribution in [0.5, 0.6) is 11.5 Å². The van der Waals surface area contributed by atoms with Gasteiger partial charge < -0.3 is 72.2 Å². The van der Waals surface area contributed by atoms with Crippen LogP contribution in [0.2, 0.25) is 0 Å². The Balaban J connectivity index is -0.000000462. The number of nitrogen functional groups attached to an aromatic ring is 2. The minimum absolute atomic E-state index is 0. The second-order valence-corrected chi connectivity index (χ2v) is 5.90. The predicted octanol–water partition coefficient (Wildman–Crippen LogP) is -6.96. The SMILES string of the molecule is Nc1cccc(N)[nH+]1.O.O.O=C([O-])c1cc(O)cc(C(=O)[O-])n1.O=C([O-])c1cc(O)cc(C(=O)[O-])n1.[Fe+3]. The maximum Gasteiger partial charge on any atom is 3.00 e. The van der Waals surface area contributed by atoms with E-state index in [0.29, 0.717) is 11.6 Å². The second kappa shape index (κ2) is 16.6. The van der Waals surface area contributed by atoms with Crippen molar-refractivity contribution in [3.63, 3.8) is 0 Å². The zero-order chi connectivity index (χ0) is 26.0. The van der Waals surface area contributed by atoms with Gasteiger partial charge in [-0.2, -0.15) is 0 Å². The van der Waals surface area contributed by atoms with Crippen molar-refractivity contribution in [2.24, 2.45) is 0 Å². The van der Waals surface area contributed by atoms with Crippen molar-refractivity contribution in [1.29, 1.82) is 0 Å². The average Bonchev–Trinajstić information content (AvgIpc) is 2.73. The van der Waals surface area contributed by atoms with Gasteiger partial charge in [-0.05, 0) is 6.07 Å². The van der Waals surface area contributed by atoms with E-state index in [9.17, 15) is 39.6 Å². The van der Waals surface area contributed by atoms with Crippen LogP contribution >= 0.6 is 0 Å². The number of carbonyl (C=O) groups excluding carboxylic acids is 4. The summed E-state index contributed by atoms with van der Waals surface area (Å²) in [5, 5.41) is 58.7. The summed E-state index contributed by atoms with van der Waals surface area (Å²) in [7, 11) is 0. The van der Waals surface area contributed by atoms with Gasteiger partial charge in [-0.3, -0.25) is 0 Å². The number of nitrogens with zero attached hydrogens (tertiary/aromatic N) is 2. The van der Waals surface area contributed by atoms with Crippen LogP contribution in [0, 0.1) is 0 Å². The molecule has 3 heterocycles. The fourth-order valence-corrected chi connectivity index (χ4v) is 1.96. The van der Waals surface area contributed by atoms with E-state index in [1.807, 2.05) is 0 Å². The molecule has 1 radical (unpaired) electrons. The van der Waals surface area contributed by atoms with Crippen LogP contribution in [-0.4, -0.2) is 55.0 Å². The molecule has 3 rings (SSSR count). The van der Waals surface area contributed by atoms with Crippen LogP contribution in [0.1, 0.15) is 42.0 Å². The maximum atomic E-state index is 10.2. The molecule has 0 aromatic carbocycles. The van der Waals surface area contributed by atoms with Gasteiger partial charge in [0.15, 0.2) is 0 Å². The van der Waals surface area contributed by atoms with E-state index in [1.165, 1.54) is 0 Å². The van der Waals surface area contributed by atoms with E-state index in [0.717, 1.165) is 24.3 Å². The molecule has 0 spiro atoms. The molecular weight excluding hydrogens is 546 g/mol. The number of carboxylic acids is 4. The molecule has 0 aliphatic rings. The van der Waals surface area contributed by atoms with Gasteiger partial charge in [0.25, 0.3) is 0 Å². The Bertz CT molecular complexity index is 1090. The number of aromatic hydroxyl groups is 2. The number of H-pyrrole nitrogens is 1. The fourth-order valence-electron chi connectivity index (χ4n) is 1.96. The van der Waals surface area contributed by atoms with Crippen LogP contribution in [0.15, 0.2) is 42.5 Å². The molecule has 0 unspecified atom stereocenters. The summed E-state index contributed by atoms with van der Waals surface area (Å²) in [6.45, 7) is 0. The third-order valence-corrected chi connectivity index (χ3v) is 3.30. The molecule has 11 N–H and O–H groups in total. The van der Waals surface area contributed by atoms with Crippen molar-refractivity contribution in [2.75, 3.05) is 11.5 Å². The van der Waals surface area contributed by atoms with Gasteiger partial charge in [-0.15, -0.1) is 0 Å². The van der Waals surface area contributed by atoms with Gasteiger partial charge in [-0.25, -0.2) is 15.0 Å². The third kappa shape index (κ3) is 12.9. The largest absolute Gasteiger partial charge is 3.00 e. The van der Waals surface area contributed by atoms with E-state index in [-0.39, 0.29) is 28.0 Å². The smallest absolute Gasteiger partial charge is 0.543 e. The molecule has 0 aliphatic heterocycles. The molecule has 0 saturated carbocycles. The maximum absolute atomic E-state index is 10.2. The van der Waals surface area contributed by atoms with Crippen molar-refractivity contribution >= 4 is 35.5 Å². The number of hydrogen-bond donors (Lipinski definition) is 4. The number of aromatic nitrogens is 3. The Kier molecular flexibility index (Phi) is 16.4. The molecule has 0 saturated heterocycles. The number of carbonyl (C=O) groups is 4.